The van der Waals surface area contributed by atoms with Crippen LogP contribution in [-0.4, -0.2) is 25.3 Å². The van der Waals surface area contributed by atoms with Gasteiger partial charge in [0.25, 0.3) is 0 Å². The summed E-state index contributed by atoms with van der Waals surface area (Å²) in [5, 5.41) is 0.416. The number of hydrogen-bond acceptors (Lipinski definition) is 4. The lowest BCUT2D eigenvalue weighted by Gasteiger charge is -2.29. The predicted octanol–water partition coefficient (Wildman–Crippen LogP) is 4.73. The van der Waals surface area contributed by atoms with Gasteiger partial charge < -0.3 is 4.57 Å². The molecule has 2 fully saturated rings. The Hall–Kier alpha value is -2.27. The SMILES string of the molecule is O=C(CCC1CC2CC1CC2n1cnc2c(Cl)ncnc21)c1ccccc1. The molecule has 5 rings (SSSR count). The molecule has 5 nitrogen and oxygen atoms in total. The van der Waals surface area contributed by atoms with Crippen LogP contribution in [0.5, 0.6) is 0 Å². The lowest BCUT2D eigenvalue weighted by atomic mass is 9.82. The van der Waals surface area contributed by atoms with E-state index in [-0.39, 0.29) is 5.78 Å². The van der Waals surface area contributed by atoms with Crippen LogP contribution in [-0.2, 0) is 0 Å². The average molecular weight is 381 g/mol. The fourth-order valence-corrected chi connectivity index (χ4v) is 5.39. The number of carbonyl (C=O) groups is 1. The Bertz CT molecular complexity index is 986. The molecule has 0 radical (unpaired) electrons. The third-order valence-electron chi connectivity index (χ3n) is 6.48. The third kappa shape index (κ3) is 2.94. The Kier molecular flexibility index (Phi) is 4.20. The Balaban J connectivity index is 1.25. The van der Waals surface area contributed by atoms with E-state index >= 15 is 0 Å². The third-order valence-corrected chi connectivity index (χ3v) is 6.75. The molecule has 0 saturated heterocycles. The maximum atomic E-state index is 12.4. The predicted molar refractivity (Wildman–Crippen MR) is 104 cm³/mol. The Morgan fingerprint density at radius 2 is 1.93 bits per heavy atom. The number of imidazole rings is 1. The zero-order chi connectivity index (χ0) is 18.4. The average Bonchev–Trinajstić information content (AvgIpc) is 3.40. The molecule has 2 aromatic heterocycles. The van der Waals surface area contributed by atoms with Gasteiger partial charge in [0.15, 0.2) is 16.6 Å². The topological polar surface area (TPSA) is 60.7 Å². The molecule has 2 saturated carbocycles. The summed E-state index contributed by atoms with van der Waals surface area (Å²) >= 11 is 6.14. The Labute approximate surface area is 162 Å². The van der Waals surface area contributed by atoms with Gasteiger partial charge in [0.1, 0.15) is 11.8 Å². The number of nitrogens with zero attached hydrogens (tertiary/aromatic N) is 4. The molecule has 0 N–H and O–H groups in total. The van der Waals surface area contributed by atoms with Crippen LogP contribution in [0, 0.1) is 17.8 Å². The van der Waals surface area contributed by atoms with Crippen molar-refractivity contribution in [3.63, 3.8) is 0 Å². The van der Waals surface area contributed by atoms with Crippen molar-refractivity contribution in [2.24, 2.45) is 17.8 Å². The van der Waals surface area contributed by atoms with Crippen LogP contribution in [0.2, 0.25) is 5.15 Å². The second-order valence-corrected chi connectivity index (χ2v) is 8.23. The van der Waals surface area contributed by atoms with Crippen LogP contribution in [0.25, 0.3) is 11.2 Å². The van der Waals surface area contributed by atoms with Gasteiger partial charge in [0.05, 0.1) is 6.33 Å². The molecule has 1 aromatic carbocycles. The first-order valence-corrected chi connectivity index (χ1v) is 10.00. The van der Waals surface area contributed by atoms with Gasteiger partial charge in [-0.15, -0.1) is 0 Å². The number of fused-ring (bicyclic) bond motifs is 3. The zero-order valence-electron chi connectivity index (χ0n) is 15.0. The number of halogens is 1. The van der Waals surface area contributed by atoms with Crippen LogP contribution < -0.4 is 0 Å². The molecule has 6 heteroatoms. The van der Waals surface area contributed by atoms with Gasteiger partial charge in [-0.1, -0.05) is 41.9 Å². The fraction of sp³-hybridized carbons (Fsp3) is 0.429. The maximum absolute atomic E-state index is 12.4. The van der Waals surface area contributed by atoms with Crippen molar-refractivity contribution in [3.05, 3.63) is 53.7 Å². The molecule has 2 bridgehead atoms. The van der Waals surface area contributed by atoms with Crippen molar-refractivity contribution in [3.8, 4) is 0 Å². The van der Waals surface area contributed by atoms with E-state index in [9.17, 15) is 4.79 Å². The summed E-state index contributed by atoms with van der Waals surface area (Å²) in [7, 11) is 0. The standard InChI is InChI=1S/C21H21ClN4O/c22-20-19-21(24-11-23-20)26(12-25-19)17-10-15-9-16(17)8-14(15)6-7-18(27)13-4-2-1-3-5-13/h1-5,11-12,14-17H,6-10H2. The molecule has 2 aliphatic rings. The van der Waals surface area contributed by atoms with Gasteiger partial charge in [-0.25, -0.2) is 15.0 Å². The number of rotatable bonds is 5. The van der Waals surface area contributed by atoms with Gasteiger partial charge >= 0.3 is 0 Å². The summed E-state index contributed by atoms with van der Waals surface area (Å²) in [5.41, 5.74) is 2.36. The molecule has 2 heterocycles. The fourth-order valence-electron chi connectivity index (χ4n) is 5.21. The quantitative estimate of drug-likeness (QED) is 0.474. The summed E-state index contributed by atoms with van der Waals surface area (Å²) < 4.78 is 2.19. The highest BCUT2D eigenvalue weighted by Crippen LogP contribution is 2.55. The molecular formula is C21H21ClN4O. The highest BCUT2D eigenvalue weighted by molar-refractivity contribution is 6.33. The lowest BCUT2D eigenvalue weighted by molar-refractivity contribution is 0.0966. The Morgan fingerprint density at radius 3 is 2.70 bits per heavy atom. The summed E-state index contributed by atoms with van der Waals surface area (Å²) in [6.07, 6.45) is 8.60. The molecule has 27 heavy (non-hydrogen) atoms. The normalized spacial score (nSPS) is 26.7. The molecular weight excluding hydrogens is 360 g/mol. The minimum Gasteiger partial charge on any atom is -0.312 e. The Morgan fingerprint density at radius 1 is 1.07 bits per heavy atom. The van der Waals surface area contributed by atoms with Crippen molar-refractivity contribution in [1.29, 1.82) is 0 Å². The molecule has 0 amide bonds. The van der Waals surface area contributed by atoms with Gasteiger partial charge in [0, 0.05) is 18.0 Å². The van der Waals surface area contributed by atoms with Crippen molar-refractivity contribution in [2.45, 2.75) is 38.1 Å². The number of benzene rings is 1. The van der Waals surface area contributed by atoms with Gasteiger partial charge in [-0.05, 0) is 43.4 Å². The highest BCUT2D eigenvalue weighted by atomic mass is 35.5. The zero-order valence-corrected chi connectivity index (χ0v) is 15.7. The monoisotopic (exact) mass is 380 g/mol. The van der Waals surface area contributed by atoms with Crippen LogP contribution in [0.15, 0.2) is 43.0 Å². The van der Waals surface area contributed by atoms with Crippen LogP contribution in [0.3, 0.4) is 0 Å². The molecule has 4 unspecified atom stereocenters. The summed E-state index contributed by atoms with van der Waals surface area (Å²) in [5.74, 6) is 2.25. The molecule has 0 spiro atoms. The molecule has 138 valence electrons. The van der Waals surface area contributed by atoms with Gasteiger partial charge in [-0.3, -0.25) is 4.79 Å². The highest BCUT2D eigenvalue weighted by Gasteiger charge is 2.46. The minimum atomic E-state index is 0.266. The van der Waals surface area contributed by atoms with Gasteiger partial charge in [0.2, 0.25) is 0 Å². The van der Waals surface area contributed by atoms with E-state index in [2.05, 4.69) is 19.5 Å². The number of aromatic nitrogens is 4. The van der Waals surface area contributed by atoms with Crippen LogP contribution in [0.4, 0.5) is 0 Å². The van der Waals surface area contributed by atoms with Crippen LogP contribution in [0.1, 0.15) is 48.5 Å². The summed E-state index contributed by atoms with van der Waals surface area (Å²) in [4.78, 5) is 25.2. The van der Waals surface area contributed by atoms with E-state index in [0.29, 0.717) is 40.9 Å². The minimum absolute atomic E-state index is 0.266. The van der Waals surface area contributed by atoms with E-state index in [1.54, 1.807) is 0 Å². The van der Waals surface area contributed by atoms with Crippen molar-refractivity contribution < 1.29 is 4.79 Å². The second-order valence-electron chi connectivity index (χ2n) is 7.87. The molecule has 2 aliphatic carbocycles. The van der Waals surface area contributed by atoms with Crippen molar-refractivity contribution in [1.82, 2.24) is 19.5 Å². The first kappa shape index (κ1) is 16.9. The van der Waals surface area contributed by atoms with E-state index in [4.69, 9.17) is 11.6 Å². The number of Topliss-reactive ketones (excluding diaryl/α,β-unsaturated/α-hetero) is 1. The number of hydrogen-bond donors (Lipinski definition) is 0. The number of carbonyl (C=O) groups excluding carboxylic acids is 1. The molecule has 3 aromatic rings. The molecule has 4 atom stereocenters. The summed E-state index contributed by atoms with van der Waals surface area (Å²) in [6, 6.07) is 10.1. The van der Waals surface area contributed by atoms with E-state index in [1.165, 1.54) is 19.2 Å². The number of ketones is 1. The smallest absolute Gasteiger partial charge is 0.165 e. The maximum Gasteiger partial charge on any atom is 0.165 e. The second kappa shape index (κ2) is 6.71. The first-order valence-electron chi connectivity index (χ1n) is 9.62. The van der Waals surface area contributed by atoms with Crippen LogP contribution >= 0.6 is 11.6 Å². The van der Waals surface area contributed by atoms with E-state index < -0.39 is 0 Å². The lowest BCUT2D eigenvalue weighted by Crippen LogP contribution is -2.21. The van der Waals surface area contributed by atoms with E-state index in [0.717, 1.165) is 24.1 Å². The first-order chi connectivity index (χ1) is 13.2. The summed E-state index contributed by atoms with van der Waals surface area (Å²) in [6.45, 7) is 0. The largest absolute Gasteiger partial charge is 0.312 e. The van der Waals surface area contributed by atoms with E-state index in [1.807, 2.05) is 36.7 Å². The van der Waals surface area contributed by atoms with Crippen molar-refractivity contribution >= 4 is 28.5 Å². The molecule has 0 aliphatic heterocycles. The van der Waals surface area contributed by atoms with Crippen molar-refractivity contribution in [2.75, 3.05) is 0 Å². The van der Waals surface area contributed by atoms with Gasteiger partial charge in [-0.2, -0.15) is 0 Å².